The number of hydrogen-bond acceptors (Lipinski definition) is 3. The van der Waals surface area contributed by atoms with Gasteiger partial charge in [0.05, 0.1) is 5.92 Å². The van der Waals surface area contributed by atoms with Crippen LogP contribution in [0, 0.1) is 5.92 Å². The van der Waals surface area contributed by atoms with Crippen molar-refractivity contribution in [2.24, 2.45) is 5.92 Å². The summed E-state index contributed by atoms with van der Waals surface area (Å²) in [5.74, 6) is 0.559. The first-order valence-corrected chi connectivity index (χ1v) is 8.51. The summed E-state index contributed by atoms with van der Waals surface area (Å²) in [4.78, 5) is 17.1. The topological polar surface area (TPSA) is 35.6 Å². The highest BCUT2D eigenvalue weighted by Gasteiger charge is 2.36. The number of carbonyl (C=O) groups is 1. The molecule has 0 aromatic heterocycles. The number of nitrogens with one attached hydrogen (secondary N) is 1. The van der Waals surface area contributed by atoms with Crippen molar-refractivity contribution in [2.75, 3.05) is 27.2 Å². The molecule has 1 saturated carbocycles. The summed E-state index contributed by atoms with van der Waals surface area (Å²) in [5.41, 5.74) is 0.109. The lowest BCUT2D eigenvalue weighted by Crippen LogP contribution is -2.57. The van der Waals surface area contributed by atoms with Crippen LogP contribution in [0.25, 0.3) is 0 Å². The van der Waals surface area contributed by atoms with E-state index in [0.717, 1.165) is 25.9 Å². The van der Waals surface area contributed by atoms with Gasteiger partial charge in [0.15, 0.2) is 0 Å². The summed E-state index contributed by atoms with van der Waals surface area (Å²) in [6, 6.07) is 0.795. The lowest BCUT2D eigenvalue weighted by molar-refractivity contribution is -0.137. The third-order valence-electron chi connectivity index (χ3n) is 4.93. The number of hydrogen-bond donors (Lipinski definition) is 1. The summed E-state index contributed by atoms with van der Waals surface area (Å²) in [7, 11) is 4.13. The second-order valence-electron chi connectivity index (χ2n) is 8.05. The minimum absolute atomic E-state index is 0.109. The Labute approximate surface area is 130 Å². The van der Waals surface area contributed by atoms with E-state index in [1.807, 2.05) is 7.05 Å². The van der Waals surface area contributed by atoms with E-state index in [1.165, 1.54) is 19.3 Å². The monoisotopic (exact) mass is 295 g/mol. The van der Waals surface area contributed by atoms with Crippen molar-refractivity contribution in [2.45, 2.75) is 70.5 Å². The van der Waals surface area contributed by atoms with Gasteiger partial charge in [-0.1, -0.05) is 12.8 Å². The average Bonchev–Trinajstić information content (AvgIpc) is 2.82. The van der Waals surface area contributed by atoms with Crippen LogP contribution in [0.15, 0.2) is 0 Å². The molecular formula is C17H33N3O. The second-order valence-corrected chi connectivity index (χ2v) is 8.05. The summed E-state index contributed by atoms with van der Waals surface area (Å²) in [6.07, 6.45) is 5.86. The Balaban J connectivity index is 2.00. The third kappa shape index (κ3) is 4.43. The Morgan fingerprint density at radius 1 is 1.19 bits per heavy atom. The van der Waals surface area contributed by atoms with Crippen LogP contribution >= 0.6 is 0 Å². The lowest BCUT2D eigenvalue weighted by Gasteiger charge is -2.42. The molecule has 0 bridgehead atoms. The fourth-order valence-corrected chi connectivity index (χ4v) is 3.89. The van der Waals surface area contributed by atoms with E-state index < -0.39 is 0 Å². The van der Waals surface area contributed by atoms with Crippen molar-refractivity contribution in [1.82, 2.24) is 15.1 Å². The molecule has 1 aliphatic heterocycles. The molecule has 2 rings (SSSR count). The molecule has 1 amide bonds. The molecule has 4 heteroatoms. The largest absolute Gasteiger partial charge is 0.341 e. The number of likely N-dealkylation sites (tertiary alicyclic amines) is 1. The van der Waals surface area contributed by atoms with E-state index in [0.29, 0.717) is 18.0 Å². The van der Waals surface area contributed by atoms with Crippen LogP contribution in [0.3, 0.4) is 0 Å². The molecule has 4 nitrogen and oxygen atoms in total. The molecule has 122 valence electrons. The predicted octanol–water partition coefficient (Wildman–Crippen LogP) is 2.10. The van der Waals surface area contributed by atoms with Crippen molar-refractivity contribution < 1.29 is 4.79 Å². The van der Waals surface area contributed by atoms with Crippen molar-refractivity contribution in [3.05, 3.63) is 0 Å². The summed E-state index contributed by atoms with van der Waals surface area (Å²) in [6.45, 7) is 8.62. The Morgan fingerprint density at radius 2 is 1.86 bits per heavy atom. The number of likely N-dealkylation sites (N-methyl/N-ethyl adjacent to an activating group) is 1. The molecule has 0 aromatic rings. The van der Waals surface area contributed by atoms with Crippen molar-refractivity contribution in [3.63, 3.8) is 0 Å². The zero-order chi connectivity index (χ0) is 15.6. The fourth-order valence-electron chi connectivity index (χ4n) is 3.89. The van der Waals surface area contributed by atoms with Crippen LogP contribution in [-0.4, -0.2) is 60.5 Å². The standard InChI is InChI=1S/C17H33N3O/c1-17(2,3)18-14-8-6-7-9-15(14)20(5)16(21)13-10-11-19(4)12-13/h13-15,18H,6-12H2,1-5H3/t13-,14-,15-/m0/s1. The van der Waals surface area contributed by atoms with Gasteiger partial charge in [-0.25, -0.2) is 0 Å². The molecule has 1 saturated heterocycles. The van der Waals surface area contributed by atoms with E-state index in [4.69, 9.17) is 0 Å². The number of amides is 1. The van der Waals surface area contributed by atoms with Gasteiger partial charge in [-0.2, -0.15) is 0 Å². The van der Waals surface area contributed by atoms with Crippen LogP contribution in [0.1, 0.15) is 52.9 Å². The SMILES string of the molecule is CN1CC[C@H](C(=O)N(C)[C@H]2CCCC[C@@H]2NC(C)(C)C)C1. The van der Waals surface area contributed by atoms with E-state index in [1.54, 1.807) is 0 Å². The molecule has 0 radical (unpaired) electrons. The number of rotatable bonds is 3. The van der Waals surface area contributed by atoms with E-state index in [9.17, 15) is 4.79 Å². The molecule has 0 unspecified atom stereocenters. The van der Waals surface area contributed by atoms with Gasteiger partial charge in [-0.15, -0.1) is 0 Å². The molecule has 0 spiro atoms. The van der Waals surface area contributed by atoms with Crippen molar-refractivity contribution in [3.8, 4) is 0 Å². The quantitative estimate of drug-likeness (QED) is 0.866. The van der Waals surface area contributed by atoms with Gasteiger partial charge in [0.2, 0.25) is 5.91 Å². The van der Waals surface area contributed by atoms with Gasteiger partial charge < -0.3 is 15.1 Å². The summed E-state index contributed by atoms with van der Waals surface area (Å²) < 4.78 is 0. The number of carbonyl (C=O) groups excluding carboxylic acids is 1. The molecule has 0 aromatic carbocycles. The van der Waals surface area contributed by atoms with E-state index >= 15 is 0 Å². The maximum absolute atomic E-state index is 12.8. The summed E-state index contributed by atoms with van der Waals surface area (Å²) >= 11 is 0. The Hall–Kier alpha value is -0.610. The van der Waals surface area contributed by atoms with Crippen molar-refractivity contribution in [1.29, 1.82) is 0 Å². The van der Waals surface area contributed by atoms with Gasteiger partial charge in [0, 0.05) is 31.2 Å². The molecule has 1 N–H and O–H groups in total. The Morgan fingerprint density at radius 3 is 2.43 bits per heavy atom. The molecule has 2 aliphatic rings. The summed E-state index contributed by atoms with van der Waals surface area (Å²) in [5, 5.41) is 3.74. The van der Waals surface area contributed by atoms with Gasteiger partial charge in [-0.05, 0) is 53.6 Å². The lowest BCUT2D eigenvalue weighted by atomic mass is 9.87. The minimum Gasteiger partial charge on any atom is -0.341 e. The van der Waals surface area contributed by atoms with Crippen LogP contribution in [0.4, 0.5) is 0 Å². The fraction of sp³-hybridized carbons (Fsp3) is 0.941. The number of nitrogens with zero attached hydrogens (tertiary/aromatic N) is 2. The van der Waals surface area contributed by atoms with Crippen molar-refractivity contribution >= 4 is 5.91 Å². The Bertz CT molecular complexity index is 364. The first-order valence-electron chi connectivity index (χ1n) is 8.51. The smallest absolute Gasteiger partial charge is 0.227 e. The molecule has 3 atom stereocenters. The third-order valence-corrected chi connectivity index (χ3v) is 4.93. The molecule has 2 fully saturated rings. The van der Waals surface area contributed by atoms with Gasteiger partial charge >= 0.3 is 0 Å². The first kappa shape index (κ1) is 16.8. The second kappa shape index (κ2) is 6.66. The highest BCUT2D eigenvalue weighted by molar-refractivity contribution is 5.79. The maximum atomic E-state index is 12.8. The predicted molar refractivity (Wildman–Crippen MR) is 87.3 cm³/mol. The van der Waals surface area contributed by atoms with E-state index in [-0.39, 0.29) is 11.5 Å². The van der Waals surface area contributed by atoms with Crippen LogP contribution < -0.4 is 5.32 Å². The van der Waals surface area contributed by atoms with Gasteiger partial charge in [0.25, 0.3) is 0 Å². The molecule has 1 aliphatic carbocycles. The highest BCUT2D eigenvalue weighted by Crippen LogP contribution is 2.26. The van der Waals surface area contributed by atoms with Gasteiger partial charge in [-0.3, -0.25) is 4.79 Å². The first-order chi connectivity index (χ1) is 9.78. The van der Waals surface area contributed by atoms with Crippen LogP contribution in [0.5, 0.6) is 0 Å². The maximum Gasteiger partial charge on any atom is 0.227 e. The van der Waals surface area contributed by atoms with E-state index in [2.05, 4.69) is 42.9 Å². The Kier molecular flexibility index (Phi) is 5.31. The van der Waals surface area contributed by atoms with Gasteiger partial charge in [0.1, 0.15) is 0 Å². The zero-order valence-electron chi connectivity index (χ0n) is 14.5. The van der Waals surface area contributed by atoms with Crippen LogP contribution in [0.2, 0.25) is 0 Å². The molecule has 1 heterocycles. The molecule has 21 heavy (non-hydrogen) atoms. The minimum atomic E-state index is 0.109. The highest BCUT2D eigenvalue weighted by atomic mass is 16.2. The average molecular weight is 295 g/mol. The van der Waals surface area contributed by atoms with Crippen LogP contribution in [-0.2, 0) is 4.79 Å². The zero-order valence-corrected chi connectivity index (χ0v) is 14.5. The molecular weight excluding hydrogens is 262 g/mol. The normalized spacial score (nSPS) is 31.4.